The van der Waals surface area contributed by atoms with Gasteiger partial charge in [0, 0.05) is 10.2 Å². The molecule has 0 aliphatic heterocycles. The molecule has 0 unspecified atom stereocenters. The molecule has 0 aromatic carbocycles. The van der Waals surface area contributed by atoms with Crippen LogP contribution in [0.15, 0.2) is 24.3 Å². The maximum absolute atomic E-state index is 10.6. The maximum Gasteiger partial charge on any atom is 0.105 e. The van der Waals surface area contributed by atoms with Gasteiger partial charge in [0.25, 0.3) is 0 Å². The standard InChI is InChI=1S/C15H21Br3O2/c1-9-8-10(19)11(16)13(2,3)14(9)4-6-15(20,7-5-14)12(17)18/h4,6,10-12,19-20H,1,5,7-8H2,2-3H3/t10-,11-,14-,15-/m1/s1. The molecule has 2 aliphatic carbocycles. The lowest BCUT2D eigenvalue weighted by Crippen LogP contribution is -2.55. The summed E-state index contributed by atoms with van der Waals surface area (Å²) >= 11 is 10.5. The van der Waals surface area contributed by atoms with Gasteiger partial charge in [0.1, 0.15) is 9.34 Å². The third kappa shape index (κ3) is 2.41. The highest BCUT2D eigenvalue weighted by atomic mass is 79.9. The summed E-state index contributed by atoms with van der Waals surface area (Å²) in [5, 5.41) is 20.8. The van der Waals surface area contributed by atoms with Gasteiger partial charge in [-0.25, -0.2) is 0 Å². The van der Waals surface area contributed by atoms with Crippen LogP contribution < -0.4 is 0 Å². The van der Waals surface area contributed by atoms with E-state index in [0.29, 0.717) is 12.8 Å². The largest absolute Gasteiger partial charge is 0.392 e. The lowest BCUT2D eigenvalue weighted by Gasteiger charge is -2.57. The molecule has 0 heterocycles. The van der Waals surface area contributed by atoms with E-state index in [2.05, 4.69) is 74.3 Å². The van der Waals surface area contributed by atoms with Crippen molar-refractivity contribution in [2.75, 3.05) is 0 Å². The Balaban J connectivity index is 2.43. The van der Waals surface area contributed by atoms with Gasteiger partial charge >= 0.3 is 0 Å². The first-order valence-electron chi connectivity index (χ1n) is 6.78. The van der Waals surface area contributed by atoms with Crippen LogP contribution in [0.5, 0.6) is 0 Å². The van der Waals surface area contributed by atoms with E-state index in [1.165, 1.54) is 0 Å². The molecule has 4 atom stereocenters. The molecule has 0 radical (unpaired) electrons. The van der Waals surface area contributed by atoms with Crippen molar-refractivity contribution >= 4 is 47.8 Å². The second-order valence-electron chi connectivity index (χ2n) is 6.60. The first kappa shape index (κ1) is 17.2. The van der Waals surface area contributed by atoms with E-state index in [0.717, 1.165) is 12.0 Å². The van der Waals surface area contributed by atoms with Crippen LogP contribution in [0.3, 0.4) is 0 Å². The quantitative estimate of drug-likeness (QED) is 0.441. The number of allylic oxidation sites excluding steroid dienone is 1. The lowest BCUT2D eigenvalue weighted by atomic mass is 9.51. The average Bonchev–Trinajstić information content (AvgIpc) is 2.36. The van der Waals surface area contributed by atoms with E-state index in [9.17, 15) is 10.2 Å². The van der Waals surface area contributed by atoms with Crippen molar-refractivity contribution in [3.63, 3.8) is 0 Å². The van der Waals surface area contributed by atoms with Gasteiger partial charge in [0.2, 0.25) is 0 Å². The zero-order chi connectivity index (χ0) is 15.3. The van der Waals surface area contributed by atoms with Crippen molar-refractivity contribution in [2.45, 2.75) is 53.4 Å². The summed E-state index contributed by atoms with van der Waals surface area (Å²) in [4.78, 5) is 0.0140. The summed E-state index contributed by atoms with van der Waals surface area (Å²) in [5.41, 5.74) is -0.154. The summed E-state index contributed by atoms with van der Waals surface area (Å²) < 4.78 is -0.165. The van der Waals surface area contributed by atoms with Crippen LogP contribution in [-0.2, 0) is 0 Å². The van der Waals surface area contributed by atoms with Crippen molar-refractivity contribution in [3.05, 3.63) is 24.3 Å². The Labute approximate surface area is 146 Å². The normalized spacial score (nSPS) is 44.3. The van der Waals surface area contributed by atoms with Crippen LogP contribution in [0.2, 0.25) is 0 Å². The number of halogens is 3. The molecule has 2 rings (SSSR count). The van der Waals surface area contributed by atoms with Crippen LogP contribution in [-0.4, -0.2) is 30.5 Å². The van der Waals surface area contributed by atoms with E-state index in [1.807, 2.05) is 6.08 Å². The number of hydrogen-bond donors (Lipinski definition) is 2. The Morgan fingerprint density at radius 3 is 2.35 bits per heavy atom. The molecule has 1 spiro atoms. The fraction of sp³-hybridized carbons (Fsp3) is 0.733. The highest BCUT2D eigenvalue weighted by Gasteiger charge is 2.56. The predicted octanol–water partition coefficient (Wildman–Crippen LogP) is 4.28. The van der Waals surface area contributed by atoms with Gasteiger partial charge in [-0.2, -0.15) is 0 Å². The van der Waals surface area contributed by atoms with Gasteiger partial charge < -0.3 is 10.2 Å². The zero-order valence-electron chi connectivity index (χ0n) is 11.7. The van der Waals surface area contributed by atoms with E-state index in [1.54, 1.807) is 0 Å². The Morgan fingerprint density at radius 1 is 1.30 bits per heavy atom. The van der Waals surface area contributed by atoms with Crippen molar-refractivity contribution in [3.8, 4) is 0 Å². The van der Waals surface area contributed by atoms with E-state index < -0.39 is 11.7 Å². The third-order valence-corrected chi connectivity index (χ3v) is 8.56. The molecular formula is C15H21Br3O2. The molecule has 2 aliphatic rings. The van der Waals surface area contributed by atoms with Gasteiger partial charge in [0.15, 0.2) is 0 Å². The minimum atomic E-state index is -0.876. The molecule has 0 aromatic heterocycles. The first-order valence-corrected chi connectivity index (χ1v) is 9.53. The van der Waals surface area contributed by atoms with E-state index >= 15 is 0 Å². The van der Waals surface area contributed by atoms with E-state index in [4.69, 9.17) is 0 Å². The molecule has 0 bridgehead atoms. The number of alkyl halides is 3. The Kier molecular flexibility index (Phi) is 4.71. The number of rotatable bonds is 1. The van der Waals surface area contributed by atoms with Gasteiger partial charge in [-0.05, 0) is 24.7 Å². The van der Waals surface area contributed by atoms with Crippen molar-refractivity contribution in [2.24, 2.45) is 10.8 Å². The van der Waals surface area contributed by atoms with Crippen LogP contribution in [0.4, 0.5) is 0 Å². The Morgan fingerprint density at radius 2 is 1.90 bits per heavy atom. The summed E-state index contributed by atoms with van der Waals surface area (Å²) in [7, 11) is 0. The number of hydrogen-bond acceptors (Lipinski definition) is 2. The van der Waals surface area contributed by atoms with Crippen molar-refractivity contribution in [1.29, 1.82) is 0 Å². The average molecular weight is 473 g/mol. The first-order chi connectivity index (χ1) is 9.07. The molecule has 1 fully saturated rings. The molecule has 0 saturated heterocycles. The molecule has 114 valence electrons. The Hall–Kier alpha value is 0.840. The van der Waals surface area contributed by atoms with Gasteiger partial charge in [-0.15, -0.1) is 0 Å². The summed E-state index contributed by atoms with van der Waals surface area (Å²) in [6.07, 6.45) is 5.67. The third-order valence-electron chi connectivity index (χ3n) is 5.22. The molecule has 2 N–H and O–H groups in total. The van der Waals surface area contributed by atoms with Gasteiger partial charge in [-0.1, -0.05) is 85.9 Å². The minimum absolute atomic E-state index is 0.0140. The minimum Gasteiger partial charge on any atom is -0.392 e. The topological polar surface area (TPSA) is 40.5 Å². The predicted molar refractivity (Wildman–Crippen MR) is 93.7 cm³/mol. The monoisotopic (exact) mass is 470 g/mol. The van der Waals surface area contributed by atoms with Crippen molar-refractivity contribution < 1.29 is 10.2 Å². The number of aliphatic hydroxyl groups is 2. The summed E-state index contributed by atoms with van der Waals surface area (Å²) in [6, 6.07) is 0. The molecule has 20 heavy (non-hydrogen) atoms. The van der Waals surface area contributed by atoms with Gasteiger partial charge in [0.05, 0.1) is 6.10 Å². The van der Waals surface area contributed by atoms with Gasteiger partial charge in [-0.3, -0.25) is 0 Å². The Bertz CT molecular complexity index is 446. The molecule has 0 amide bonds. The molecule has 1 saturated carbocycles. The van der Waals surface area contributed by atoms with Crippen LogP contribution in [0, 0.1) is 10.8 Å². The highest BCUT2D eigenvalue weighted by molar-refractivity contribution is 9.24. The molecule has 0 aromatic rings. The second-order valence-corrected chi connectivity index (χ2v) is 10.6. The molecule has 5 heteroatoms. The SMILES string of the molecule is C=C1C[C@@H](O)[C@@H](Br)C(C)(C)[C@@]12C=C[C@](O)(C(Br)Br)CC2. The van der Waals surface area contributed by atoms with Crippen molar-refractivity contribution in [1.82, 2.24) is 0 Å². The van der Waals surface area contributed by atoms with Crippen LogP contribution in [0.25, 0.3) is 0 Å². The molecular weight excluding hydrogens is 452 g/mol. The van der Waals surface area contributed by atoms with Crippen LogP contribution >= 0.6 is 47.8 Å². The summed E-state index contributed by atoms with van der Waals surface area (Å²) in [5.74, 6) is 0. The van der Waals surface area contributed by atoms with E-state index in [-0.39, 0.29) is 19.4 Å². The molecule has 2 nitrogen and oxygen atoms in total. The second kappa shape index (κ2) is 5.48. The number of aliphatic hydroxyl groups excluding tert-OH is 1. The fourth-order valence-electron chi connectivity index (χ4n) is 3.58. The highest BCUT2D eigenvalue weighted by Crippen LogP contribution is 2.60. The fourth-order valence-corrected chi connectivity index (χ4v) is 4.94. The zero-order valence-corrected chi connectivity index (χ0v) is 16.5. The lowest BCUT2D eigenvalue weighted by molar-refractivity contribution is 0.00235. The smallest absolute Gasteiger partial charge is 0.105 e. The summed E-state index contributed by atoms with van der Waals surface area (Å²) in [6.45, 7) is 8.55. The maximum atomic E-state index is 10.6. The van der Waals surface area contributed by atoms with Crippen LogP contribution in [0.1, 0.15) is 33.1 Å².